The van der Waals surface area contributed by atoms with Crippen LogP contribution in [-0.2, 0) is 0 Å². The molecule has 0 aliphatic rings. The number of anilines is 1. The molecule has 1 aromatic heterocycles. The van der Waals surface area contributed by atoms with Crippen LogP contribution >= 0.6 is 24.0 Å². The van der Waals surface area contributed by atoms with Crippen molar-refractivity contribution in [2.24, 2.45) is 0 Å². The summed E-state index contributed by atoms with van der Waals surface area (Å²) in [7, 11) is 0. The summed E-state index contributed by atoms with van der Waals surface area (Å²) < 4.78 is 0. The molecule has 4 N–H and O–H groups in total. The standard InChI is InChI=1S/C12H16N4OS2/c1-19-6-2-5-13-12(18)14-8-3-4-9-10(7-8)16-11(17)15-9/h3-4,7H,2,5-6H2,1H3,(H2,13,14,18)(H2,15,16,17). The highest BCUT2D eigenvalue weighted by Gasteiger charge is 2.01. The van der Waals surface area contributed by atoms with E-state index < -0.39 is 0 Å². The molecule has 0 saturated heterocycles. The van der Waals surface area contributed by atoms with Crippen molar-refractivity contribution in [2.75, 3.05) is 23.9 Å². The van der Waals surface area contributed by atoms with Crippen LogP contribution in [0.5, 0.6) is 0 Å². The van der Waals surface area contributed by atoms with Crippen molar-refractivity contribution >= 4 is 45.8 Å². The number of hydrogen-bond acceptors (Lipinski definition) is 3. The summed E-state index contributed by atoms with van der Waals surface area (Å²) in [4.78, 5) is 16.6. The Morgan fingerprint density at radius 1 is 1.37 bits per heavy atom. The number of rotatable bonds is 5. The largest absolute Gasteiger partial charge is 0.362 e. The van der Waals surface area contributed by atoms with Crippen molar-refractivity contribution in [3.05, 3.63) is 28.7 Å². The second-order valence-corrected chi connectivity index (χ2v) is 5.46. The maximum absolute atomic E-state index is 11.2. The highest BCUT2D eigenvalue weighted by Crippen LogP contribution is 2.14. The van der Waals surface area contributed by atoms with Crippen LogP contribution < -0.4 is 16.3 Å². The summed E-state index contributed by atoms with van der Waals surface area (Å²) in [5.74, 6) is 1.12. The van der Waals surface area contributed by atoms with Crippen molar-refractivity contribution in [3.8, 4) is 0 Å². The van der Waals surface area contributed by atoms with E-state index in [1.54, 1.807) is 0 Å². The van der Waals surface area contributed by atoms with Crippen LogP contribution in [0.3, 0.4) is 0 Å². The van der Waals surface area contributed by atoms with Gasteiger partial charge in [-0.3, -0.25) is 0 Å². The van der Waals surface area contributed by atoms with E-state index in [4.69, 9.17) is 12.2 Å². The molecule has 1 heterocycles. The number of H-pyrrole nitrogens is 2. The Balaban J connectivity index is 1.93. The summed E-state index contributed by atoms with van der Waals surface area (Å²) in [5, 5.41) is 6.84. The Labute approximate surface area is 120 Å². The van der Waals surface area contributed by atoms with Gasteiger partial charge >= 0.3 is 5.69 Å². The van der Waals surface area contributed by atoms with Gasteiger partial charge in [0.15, 0.2) is 5.11 Å². The minimum absolute atomic E-state index is 0.204. The zero-order valence-electron chi connectivity index (χ0n) is 10.6. The van der Waals surface area contributed by atoms with Gasteiger partial charge in [0.1, 0.15) is 0 Å². The van der Waals surface area contributed by atoms with Gasteiger partial charge in [-0.15, -0.1) is 0 Å². The van der Waals surface area contributed by atoms with E-state index in [2.05, 4.69) is 26.9 Å². The van der Waals surface area contributed by atoms with Crippen molar-refractivity contribution in [2.45, 2.75) is 6.42 Å². The molecule has 5 nitrogen and oxygen atoms in total. The minimum atomic E-state index is -0.204. The lowest BCUT2D eigenvalue weighted by Gasteiger charge is -2.10. The molecule has 0 radical (unpaired) electrons. The molecule has 0 aliphatic carbocycles. The van der Waals surface area contributed by atoms with Crippen LogP contribution in [0, 0.1) is 0 Å². The van der Waals surface area contributed by atoms with Gasteiger partial charge in [0, 0.05) is 12.2 Å². The van der Waals surface area contributed by atoms with Crippen LogP contribution in [0.1, 0.15) is 6.42 Å². The fourth-order valence-corrected chi connectivity index (χ4v) is 2.36. The molecule has 0 fully saturated rings. The molecule has 0 amide bonds. The number of hydrogen-bond donors (Lipinski definition) is 4. The molecule has 0 unspecified atom stereocenters. The van der Waals surface area contributed by atoms with E-state index in [0.29, 0.717) is 5.11 Å². The molecule has 0 aliphatic heterocycles. The predicted octanol–water partition coefficient (Wildman–Crippen LogP) is 1.90. The molecular formula is C12H16N4OS2. The van der Waals surface area contributed by atoms with Crippen molar-refractivity contribution < 1.29 is 0 Å². The van der Waals surface area contributed by atoms with E-state index >= 15 is 0 Å². The third-order valence-electron chi connectivity index (χ3n) is 2.58. The van der Waals surface area contributed by atoms with Crippen LogP contribution in [0.2, 0.25) is 0 Å². The number of imidazole rings is 1. The summed E-state index contributed by atoms with van der Waals surface area (Å²) in [6.07, 6.45) is 3.16. The molecule has 2 rings (SSSR count). The third-order valence-corrected chi connectivity index (χ3v) is 3.53. The first-order chi connectivity index (χ1) is 9.19. The Hall–Kier alpha value is -1.47. The number of thiocarbonyl (C=S) groups is 1. The van der Waals surface area contributed by atoms with E-state index in [0.717, 1.165) is 35.4 Å². The summed E-state index contributed by atoms with van der Waals surface area (Å²) in [5.41, 5.74) is 2.20. The van der Waals surface area contributed by atoms with Gasteiger partial charge in [-0.2, -0.15) is 11.8 Å². The molecule has 0 atom stereocenters. The molecule has 102 valence electrons. The zero-order valence-corrected chi connectivity index (χ0v) is 12.2. The first-order valence-electron chi connectivity index (χ1n) is 5.95. The van der Waals surface area contributed by atoms with E-state index in [-0.39, 0.29) is 5.69 Å². The number of aromatic amines is 2. The molecule has 7 heteroatoms. The molecular weight excluding hydrogens is 280 g/mol. The SMILES string of the molecule is CSCCCNC(=S)Nc1ccc2[nH]c(=O)[nH]c2c1. The van der Waals surface area contributed by atoms with Crippen LogP contribution in [0.4, 0.5) is 5.69 Å². The lowest BCUT2D eigenvalue weighted by Crippen LogP contribution is -2.29. The number of aromatic nitrogens is 2. The lowest BCUT2D eigenvalue weighted by molar-refractivity contribution is 0.855. The van der Waals surface area contributed by atoms with Gasteiger partial charge in [0.25, 0.3) is 0 Å². The molecule has 0 spiro atoms. The summed E-state index contributed by atoms with van der Waals surface area (Å²) >= 11 is 7.02. The number of thioether (sulfide) groups is 1. The van der Waals surface area contributed by atoms with Gasteiger partial charge in [0.05, 0.1) is 11.0 Å². The smallest absolute Gasteiger partial charge is 0.323 e. The van der Waals surface area contributed by atoms with Crippen molar-refractivity contribution in [1.82, 2.24) is 15.3 Å². The summed E-state index contributed by atoms with van der Waals surface area (Å²) in [6.45, 7) is 0.857. The highest BCUT2D eigenvalue weighted by atomic mass is 32.2. The van der Waals surface area contributed by atoms with Gasteiger partial charge in [0.2, 0.25) is 0 Å². The van der Waals surface area contributed by atoms with E-state index in [1.807, 2.05) is 30.0 Å². The number of nitrogens with one attached hydrogen (secondary N) is 4. The van der Waals surface area contributed by atoms with Gasteiger partial charge in [-0.1, -0.05) is 0 Å². The van der Waals surface area contributed by atoms with Gasteiger partial charge in [-0.05, 0) is 48.8 Å². The zero-order chi connectivity index (χ0) is 13.7. The quantitative estimate of drug-likeness (QED) is 0.501. The normalized spacial score (nSPS) is 10.6. The van der Waals surface area contributed by atoms with E-state index in [1.165, 1.54) is 0 Å². The van der Waals surface area contributed by atoms with Gasteiger partial charge in [-0.25, -0.2) is 4.79 Å². The fraction of sp³-hybridized carbons (Fsp3) is 0.333. The Morgan fingerprint density at radius 2 is 2.16 bits per heavy atom. The molecule has 1 aromatic carbocycles. The number of benzene rings is 1. The number of fused-ring (bicyclic) bond motifs is 1. The van der Waals surface area contributed by atoms with Crippen LogP contribution in [-0.4, -0.2) is 33.6 Å². The molecule has 0 bridgehead atoms. The topological polar surface area (TPSA) is 72.7 Å². The maximum atomic E-state index is 11.2. The lowest BCUT2D eigenvalue weighted by atomic mass is 10.3. The second-order valence-electron chi connectivity index (χ2n) is 4.07. The van der Waals surface area contributed by atoms with E-state index in [9.17, 15) is 4.79 Å². The Morgan fingerprint density at radius 3 is 2.95 bits per heavy atom. The van der Waals surface area contributed by atoms with Crippen molar-refractivity contribution in [1.29, 1.82) is 0 Å². The average molecular weight is 296 g/mol. The maximum Gasteiger partial charge on any atom is 0.323 e. The monoisotopic (exact) mass is 296 g/mol. The van der Waals surface area contributed by atoms with Gasteiger partial charge < -0.3 is 20.6 Å². The third kappa shape index (κ3) is 4.00. The summed E-state index contributed by atoms with van der Waals surface area (Å²) in [6, 6.07) is 5.57. The second kappa shape index (κ2) is 6.63. The fourth-order valence-electron chi connectivity index (χ4n) is 1.70. The van der Waals surface area contributed by atoms with Crippen LogP contribution in [0.25, 0.3) is 11.0 Å². The minimum Gasteiger partial charge on any atom is -0.362 e. The van der Waals surface area contributed by atoms with Crippen LogP contribution in [0.15, 0.2) is 23.0 Å². The van der Waals surface area contributed by atoms with Crippen molar-refractivity contribution in [3.63, 3.8) is 0 Å². The first kappa shape index (κ1) is 14.0. The Kier molecular flexibility index (Phi) is 4.86. The molecule has 2 aromatic rings. The highest BCUT2D eigenvalue weighted by molar-refractivity contribution is 7.98. The predicted molar refractivity (Wildman–Crippen MR) is 86.1 cm³/mol. The molecule has 0 saturated carbocycles. The molecule has 19 heavy (non-hydrogen) atoms. The average Bonchev–Trinajstić information content (AvgIpc) is 2.74. The Bertz CT molecular complexity index is 619. The first-order valence-corrected chi connectivity index (χ1v) is 7.75.